The molecule has 0 unspecified atom stereocenters. The van der Waals surface area contributed by atoms with Crippen LogP contribution in [0.5, 0.6) is 0 Å². The summed E-state index contributed by atoms with van der Waals surface area (Å²) < 4.78 is 1.49. The van der Waals surface area contributed by atoms with Crippen molar-refractivity contribution < 1.29 is 9.90 Å². The third-order valence-corrected chi connectivity index (χ3v) is 2.88. The maximum Gasteiger partial charge on any atom is 0.244 e. The first-order valence-corrected chi connectivity index (χ1v) is 6.46. The minimum atomic E-state index is -0.152. The van der Waals surface area contributed by atoms with Crippen molar-refractivity contribution in [2.45, 2.75) is 13.1 Å². The van der Waals surface area contributed by atoms with Gasteiger partial charge in [-0.15, -0.1) is 5.10 Å². The molecule has 1 heterocycles. The van der Waals surface area contributed by atoms with Gasteiger partial charge in [0.05, 0.1) is 6.20 Å². The molecule has 0 bridgehead atoms. The second-order valence-corrected chi connectivity index (χ2v) is 4.51. The van der Waals surface area contributed by atoms with Gasteiger partial charge >= 0.3 is 0 Å². The van der Waals surface area contributed by atoms with Gasteiger partial charge in [0.15, 0.2) is 0 Å². The largest absolute Gasteiger partial charge is 0.384 e. The molecule has 2 rings (SSSR count). The van der Waals surface area contributed by atoms with Crippen LogP contribution in [-0.4, -0.2) is 44.6 Å². The Bertz CT molecular complexity index is 639. The highest BCUT2D eigenvalue weighted by atomic mass is 16.2. The van der Waals surface area contributed by atoms with Crippen molar-refractivity contribution in [3.63, 3.8) is 0 Å². The van der Waals surface area contributed by atoms with E-state index < -0.39 is 0 Å². The second-order valence-electron chi connectivity index (χ2n) is 4.51. The molecule has 0 aliphatic rings. The minimum absolute atomic E-state index is 0.0374. The Morgan fingerprint density at radius 3 is 2.76 bits per heavy atom. The molecule has 0 saturated heterocycles. The summed E-state index contributed by atoms with van der Waals surface area (Å²) in [7, 11) is 1.75. The van der Waals surface area contributed by atoms with Crippen LogP contribution >= 0.6 is 0 Å². The van der Waals surface area contributed by atoms with Crippen LogP contribution in [0, 0.1) is 11.8 Å². The lowest BCUT2D eigenvalue weighted by atomic mass is 10.1. The Balaban J connectivity index is 1.92. The minimum Gasteiger partial charge on any atom is -0.384 e. The highest BCUT2D eigenvalue weighted by Gasteiger charge is 2.10. The van der Waals surface area contributed by atoms with Crippen LogP contribution in [0.2, 0.25) is 0 Å². The smallest absolute Gasteiger partial charge is 0.244 e. The van der Waals surface area contributed by atoms with Crippen molar-refractivity contribution in [3.05, 3.63) is 47.8 Å². The first-order valence-electron chi connectivity index (χ1n) is 6.46. The fourth-order valence-corrected chi connectivity index (χ4v) is 1.77. The molecule has 2 aromatic rings. The number of hydrogen-bond acceptors (Lipinski definition) is 4. The number of hydrogen-bond donors (Lipinski definition) is 1. The number of carbonyl (C=O) groups is 1. The monoisotopic (exact) mass is 284 g/mol. The van der Waals surface area contributed by atoms with Gasteiger partial charge in [-0.25, -0.2) is 4.68 Å². The molecule has 6 heteroatoms. The van der Waals surface area contributed by atoms with E-state index >= 15 is 0 Å². The van der Waals surface area contributed by atoms with Gasteiger partial charge in [-0.05, 0) is 17.7 Å². The Morgan fingerprint density at radius 1 is 1.38 bits per heavy atom. The first-order chi connectivity index (χ1) is 10.2. The van der Waals surface area contributed by atoms with Crippen LogP contribution in [0.25, 0.3) is 0 Å². The number of aromatic nitrogens is 3. The van der Waals surface area contributed by atoms with Crippen molar-refractivity contribution >= 4 is 5.91 Å². The zero-order valence-electron chi connectivity index (χ0n) is 11.7. The molecule has 1 aromatic carbocycles. The molecule has 108 valence electrons. The number of carbonyl (C=O) groups excluding carboxylic acids is 1. The lowest BCUT2D eigenvalue weighted by Crippen LogP contribution is -2.29. The van der Waals surface area contributed by atoms with Crippen molar-refractivity contribution in [1.29, 1.82) is 0 Å². The van der Waals surface area contributed by atoms with Gasteiger partial charge in [0.1, 0.15) is 13.2 Å². The average Bonchev–Trinajstić information content (AvgIpc) is 2.99. The third-order valence-electron chi connectivity index (χ3n) is 2.88. The zero-order valence-corrected chi connectivity index (χ0v) is 11.7. The van der Waals surface area contributed by atoms with Crippen LogP contribution in [0.15, 0.2) is 36.7 Å². The quantitative estimate of drug-likeness (QED) is 0.819. The number of nitrogens with zero attached hydrogens (tertiary/aromatic N) is 4. The number of benzene rings is 1. The van der Waals surface area contributed by atoms with Gasteiger partial charge in [-0.3, -0.25) is 4.79 Å². The van der Waals surface area contributed by atoms with E-state index in [4.69, 9.17) is 5.11 Å². The maximum absolute atomic E-state index is 12.0. The van der Waals surface area contributed by atoms with Crippen LogP contribution in [0.1, 0.15) is 11.1 Å². The summed E-state index contributed by atoms with van der Waals surface area (Å²) in [6, 6.07) is 7.57. The first kappa shape index (κ1) is 14.8. The Labute approximate surface area is 123 Å². The van der Waals surface area contributed by atoms with Gasteiger partial charge in [0.25, 0.3) is 0 Å². The zero-order chi connectivity index (χ0) is 15.1. The molecule has 0 fully saturated rings. The number of likely N-dealkylation sites (N-methyl/N-ethyl adjacent to an activating group) is 1. The molecule has 1 amide bonds. The molecule has 21 heavy (non-hydrogen) atoms. The fraction of sp³-hybridized carbons (Fsp3) is 0.267. The average molecular weight is 284 g/mol. The Morgan fingerprint density at radius 2 is 2.14 bits per heavy atom. The standard InChI is InChI=1S/C15H16N4O2/c1-18(15(21)12-19-9-8-16-17-19)11-14-6-4-13(5-7-14)3-2-10-20/h4-9,20H,10-12H2,1H3. The SMILES string of the molecule is CN(Cc1ccc(C#CCO)cc1)C(=O)Cn1ccnn1. The third kappa shape index (κ3) is 4.44. The Kier molecular flexibility index (Phi) is 5.07. The van der Waals surface area contributed by atoms with Gasteiger partial charge in [0.2, 0.25) is 5.91 Å². The highest BCUT2D eigenvalue weighted by Crippen LogP contribution is 2.06. The lowest BCUT2D eigenvalue weighted by Gasteiger charge is -2.17. The van der Waals surface area contributed by atoms with E-state index in [0.29, 0.717) is 6.54 Å². The molecule has 1 aromatic heterocycles. The van der Waals surface area contributed by atoms with E-state index in [0.717, 1.165) is 11.1 Å². The molecular formula is C15H16N4O2. The van der Waals surface area contributed by atoms with E-state index in [9.17, 15) is 4.79 Å². The van der Waals surface area contributed by atoms with Gasteiger partial charge < -0.3 is 10.0 Å². The number of amides is 1. The summed E-state index contributed by atoms with van der Waals surface area (Å²) in [4.78, 5) is 13.6. The van der Waals surface area contributed by atoms with Crippen LogP contribution in [-0.2, 0) is 17.9 Å². The normalized spacial score (nSPS) is 9.81. The molecule has 0 spiro atoms. The van der Waals surface area contributed by atoms with Crippen molar-refractivity contribution in [1.82, 2.24) is 19.9 Å². The van der Waals surface area contributed by atoms with E-state index in [1.807, 2.05) is 24.3 Å². The van der Waals surface area contributed by atoms with E-state index in [1.54, 1.807) is 24.3 Å². The predicted molar refractivity (Wildman–Crippen MR) is 76.9 cm³/mol. The lowest BCUT2D eigenvalue weighted by molar-refractivity contribution is -0.131. The van der Waals surface area contributed by atoms with Crippen molar-refractivity contribution in [2.75, 3.05) is 13.7 Å². The van der Waals surface area contributed by atoms with Crippen molar-refractivity contribution in [2.24, 2.45) is 0 Å². The summed E-state index contributed by atoms with van der Waals surface area (Å²) in [6.45, 7) is 0.541. The van der Waals surface area contributed by atoms with Crippen LogP contribution < -0.4 is 0 Å². The predicted octanol–water partition coefficient (Wildman–Crippen LogP) is 0.281. The van der Waals surface area contributed by atoms with E-state index in [-0.39, 0.29) is 19.1 Å². The molecule has 0 aliphatic carbocycles. The summed E-state index contributed by atoms with van der Waals surface area (Å²) in [5, 5.41) is 16.1. The van der Waals surface area contributed by atoms with Crippen LogP contribution in [0.4, 0.5) is 0 Å². The van der Waals surface area contributed by atoms with Gasteiger partial charge in [-0.1, -0.05) is 29.2 Å². The summed E-state index contributed by atoms with van der Waals surface area (Å²) in [5.41, 5.74) is 1.85. The summed E-state index contributed by atoms with van der Waals surface area (Å²) >= 11 is 0. The van der Waals surface area contributed by atoms with E-state index in [2.05, 4.69) is 22.2 Å². The molecular weight excluding hydrogens is 268 g/mol. The second kappa shape index (κ2) is 7.22. The van der Waals surface area contributed by atoms with Gasteiger partial charge in [0, 0.05) is 25.4 Å². The molecule has 0 radical (unpaired) electrons. The number of aliphatic hydroxyl groups excluding tert-OH is 1. The molecule has 6 nitrogen and oxygen atoms in total. The fourth-order valence-electron chi connectivity index (χ4n) is 1.77. The van der Waals surface area contributed by atoms with Gasteiger partial charge in [-0.2, -0.15) is 0 Å². The number of rotatable bonds is 4. The van der Waals surface area contributed by atoms with Crippen LogP contribution in [0.3, 0.4) is 0 Å². The summed E-state index contributed by atoms with van der Waals surface area (Å²) in [6.07, 6.45) is 3.19. The topological polar surface area (TPSA) is 71.2 Å². The molecule has 0 aliphatic heterocycles. The maximum atomic E-state index is 12.0. The molecule has 0 atom stereocenters. The Hall–Kier alpha value is -2.65. The molecule has 0 saturated carbocycles. The van der Waals surface area contributed by atoms with Crippen molar-refractivity contribution in [3.8, 4) is 11.8 Å². The highest BCUT2D eigenvalue weighted by molar-refractivity contribution is 5.75. The van der Waals surface area contributed by atoms with E-state index in [1.165, 1.54) is 4.68 Å². The summed E-state index contributed by atoms with van der Waals surface area (Å²) in [5.74, 6) is 5.38. The molecule has 1 N–H and O–H groups in total. The number of aliphatic hydroxyl groups is 1.